The molecule has 17 heavy (non-hydrogen) atoms. The van der Waals surface area contributed by atoms with Crippen LogP contribution in [0, 0.1) is 0 Å². The number of ether oxygens (including phenoxy) is 1. The van der Waals surface area contributed by atoms with Crippen molar-refractivity contribution in [3.05, 3.63) is 34.7 Å². The van der Waals surface area contributed by atoms with Gasteiger partial charge in [0.25, 0.3) is 0 Å². The highest BCUT2D eigenvalue weighted by molar-refractivity contribution is 9.10. The van der Waals surface area contributed by atoms with Crippen LogP contribution in [0.3, 0.4) is 0 Å². The fourth-order valence-electron chi connectivity index (χ4n) is 1.57. The maximum atomic E-state index is 11.5. The Morgan fingerprint density at radius 2 is 2.29 bits per heavy atom. The Hall–Kier alpha value is -1.36. The number of nitrogens with zero attached hydrogens (tertiary/aromatic N) is 2. The molecule has 0 amide bonds. The minimum absolute atomic E-state index is 0.0914. The van der Waals surface area contributed by atoms with Gasteiger partial charge in [-0.15, -0.1) is 0 Å². The summed E-state index contributed by atoms with van der Waals surface area (Å²) in [5.41, 5.74) is 1.52. The van der Waals surface area contributed by atoms with Crippen LogP contribution >= 0.6 is 15.9 Å². The molecule has 2 aromatic rings. The number of rotatable bonds is 3. The highest BCUT2D eigenvalue weighted by Crippen LogP contribution is 2.14. The van der Waals surface area contributed by atoms with Crippen LogP contribution in [-0.4, -0.2) is 21.5 Å². The molecule has 0 spiro atoms. The molecule has 0 N–H and O–H groups in total. The Bertz CT molecular complexity index is 548. The average molecular weight is 297 g/mol. The standard InChI is InChI=1S/C12H13BrN2O2/c1-8(2)17-12(16)6-9-7-15-10(13)4-3-5-11(15)14-9/h3-5,7-8H,6H2,1-2H3. The first-order valence-electron chi connectivity index (χ1n) is 5.38. The first kappa shape index (κ1) is 12.1. The number of esters is 1. The minimum atomic E-state index is -0.250. The molecule has 0 atom stereocenters. The molecule has 2 heterocycles. The largest absolute Gasteiger partial charge is 0.463 e. The maximum absolute atomic E-state index is 11.5. The predicted molar refractivity (Wildman–Crippen MR) is 67.8 cm³/mol. The molecular formula is C12H13BrN2O2. The number of imidazole rings is 1. The zero-order chi connectivity index (χ0) is 12.4. The Balaban J connectivity index is 2.20. The van der Waals surface area contributed by atoms with Crippen molar-refractivity contribution in [2.45, 2.75) is 26.4 Å². The number of pyridine rings is 1. The summed E-state index contributed by atoms with van der Waals surface area (Å²) in [6, 6.07) is 5.72. The van der Waals surface area contributed by atoms with Crippen molar-refractivity contribution < 1.29 is 9.53 Å². The summed E-state index contributed by atoms with van der Waals surface area (Å²) in [4.78, 5) is 15.9. The molecule has 0 saturated carbocycles. The van der Waals surface area contributed by atoms with Gasteiger partial charge < -0.3 is 4.74 Å². The van der Waals surface area contributed by atoms with Crippen molar-refractivity contribution >= 4 is 27.5 Å². The van der Waals surface area contributed by atoms with E-state index >= 15 is 0 Å². The van der Waals surface area contributed by atoms with Gasteiger partial charge in [0.2, 0.25) is 0 Å². The van der Waals surface area contributed by atoms with E-state index in [1.807, 2.05) is 42.6 Å². The lowest BCUT2D eigenvalue weighted by Crippen LogP contribution is -2.13. The number of fused-ring (bicyclic) bond motifs is 1. The summed E-state index contributed by atoms with van der Waals surface area (Å²) in [5, 5.41) is 0. The number of carbonyl (C=O) groups excluding carboxylic acids is 1. The van der Waals surface area contributed by atoms with E-state index in [0.717, 1.165) is 10.3 Å². The molecule has 0 unspecified atom stereocenters. The van der Waals surface area contributed by atoms with E-state index in [2.05, 4.69) is 20.9 Å². The van der Waals surface area contributed by atoms with E-state index in [4.69, 9.17) is 4.74 Å². The topological polar surface area (TPSA) is 43.6 Å². The molecule has 90 valence electrons. The molecular weight excluding hydrogens is 284 g/mol. The summed E-state index contributed by atoms with van der Waals surface area (Å²) in [5.74, 6) is -0.250. The number of carbonyl (C=O) groups is 1. The van der Waals surface area contributed by atoms with E-state index in [1.165, 1.54) is 0 Å². The average Bonchev–Trinajstić information content (AvgIpc) is 2.60. The Kier molecular flexibility index (Phi) is 3.47. The second kappa shape index (κ2) is 4.87. The summed E-state index contributed by atoms with van der Waals surface area (Å²) in [6.45, 7) is 3.66. The first-order chi connectivity index (χ1) is 8.06. The lowest BCUT2D eigenvalue weighted by atomic mass is 10.3. The Morgan fingerprint density at radius 1 is 1.53 bits per heavy atom. The highest BCUT2D eigenvalue weighted by atomic mass is 79.9. The zero-order valence-electron chi connectivity index (χ0n) is 9.68. The third-order valence-corrected chi connectivity index (χ3v) is 2.83. The lowest BCUT2D eigenvalue weighted by molar-refractivity contribution is -0.146. The molecule has 0 aliphatic heterocycles. The van der Waals surface area contributed by atoms with Crippen LogP contribution in [0.4, 0.5) is 0 Å². The Labute approximate surface area is 108 Å². The van der Waals surface area contributed by atoms with Crippen molar-refractivity contribution in [2.75, 3.05) is 0 Å². The summed E-state index contributed by atoms with van der Waals surface area (Å²) < 4.78 is 7.88. The number of halogens is 1. The monoisotopic (exact) mass is 296 g/mol. The van der Waals surface area contributed by atoms with Crippen molar-refractivity contribution in [1.29, 1.82) is 0 Å². The maximum Gasteiger partial charge on any atom is 0.312 e. The van der Waals surface area contributed by atoms with Crippen LogP contribution in [0.5, 0.6) is 0 Å². The molecule has 0 radical (unpaired) electrons. The van der Waals surface area contributed by atoms with E-state index in [-0.39, 0.29) is 18.5 Å². The van der Waals surface area contributed by atoms with Crippen molar-refractivity contribution in [3.63, 3.8) is 0 Å². The van der Waals surface area contributed by atoms with Crippen LogP contribution < -0.4 is 0 Å². The molecule has 0 aliphatic carbocycles. The van der Waals surface area contributed by atoms with E-state index in [1.54, 1.807) is 0 Å². The van der Waals surface area contributed by atoms with Gasteiger partial charge in [0.05, 0.1) is 22.8 Å². The number of hydrogen-bond acceptors (Lipinski definition) is 3. The first-order valence-corrected chi connectivity index (χ1v) is 6.17. The quantitative estimate of drug-likeness (QED) is 0.646. The van der Waals surface area contributed by atoms with E-state index in [0.29, 0.717) is 5.69 Å². The lowest BCUT2D eigenvalue weighted by Gasteiger charge is -2.05. The predicted octanol–water partition coefficient (Wildman–Crippen LogP) is 2.59. The third-order valence-electron chi connectivity index (χ3n) is 2.18. The van der Waals surface area contributed by atoms with Gasteiger partial charge in [-0.05, 0) is 41.9 Å². The highest BCUT2D eigenvalue weighted by Gasteiger charge is 2.10. The van der Waals surface area contributed by atoms with Gasteiger partial charge in [-0.3, -0.25) is 9.20 Å². The normalized spacial score (nSPS) is 11.1. The van der Waals surface area contributed by atoms with Crippen molar-refractivity contribution in [2.24, 2.45) is 0 Å². The smallest absolute Gasteiger partial charge is 0.312 e. The van der Waals surface area contributed by atoms with E-state index in [9.17, 15) is 4.79 Å². The molecule has 0 bridgehead atoms. The second-order valence-corrected chi connectivity index (χ2v) is 4.84. The molecule has 2 rings (SSSR count). The van der Waals surface area contributed by atoms with E-state index < -0.39 is 0 Å². The van der Waals surface area contributed by atoms with Crippen LogP contribution in [-0.2, 0) is 16.0 Å². The molecule has 0 saturated heterocycles. The molecule has 5 heteroatoms. The van der Waals surface area contributed by atoms with Gasteiger partial charge in [0.1, 0.15) is 5.65 Å². The van der Waals surface area contributed by atoms with Crippen LogP contribution in [0.1, 0.15) is 19.5 Å². The summed E-state index contributed by atoms with van der Waals surface area (Å²) >= 11 is 3.42. The fraction of sp³-hybridized carbons (Fsp3) is 0.333. The van der Waals surface area contributed by atoms with Crippen LogP contribution in [0.25, 0.3) is 5.65 Å². The zero-order valence-corrected chi connectivity index (χ0v) is 11.3. The van der Waals surface area contributed by atoms with Crippen molar-refractivity contribution in [1.82, 2.24) is 9.38 Å². The molecule has 0 aromatic carbocycles. The van der Waals surface area contributed by atoms with Crippen LogP contribution in [0.15, 0.2) is 29.0 Å². The van der Waals surface area contributed by atoms with Gasteiger partial charge in [0, 0.05) is 6.20 Å². The minimum Gasteiger partial charge on any atom is -0.463 e. The summed E-state index contributed by atoms with van der Waals surface area (Å²) in [6.07, 6.45) is 1.94. The summed E-state index contributed by atoms with van der Waals surface area (Å²) in [7, 11) is 0. The van der Waals surface area contributed by atoms with Gasteiger partial charge in [-0.25, -0.2) is 4.98 Å². The van der Waals surface area contributed by atoms with Crippen LogP contribution in [0.2, 0.25) is 0 Å². The molecule has 0 fully saturated rings. The Morgan fingerprint density at radius 3 is 2.94 bits per heavy atom. The van der Waals surface area contributed by atoms with Gasteiger partial charge >= 0.3 is 5.97 Å². The van der Waals surface area contributed by atoms with Gasteiger partial charge in [-0.1, -0.05) is 6.07 Å². The number of aromatic nitrogens is 2. The second-order valence-electron chi connectivity index (χ2n) is 4.02. The SMILES string of the molecule is CC(C)OC(=O)Cc1cn2c(Br)cccc2n1. The van der Waals surface area contributed by atoms with Crippen molar-refractivity contribution in [3.8, 4) is 0 Å². The van der Waals surface area contributed by atoms with Gasteiger partial charge in [-0.2, -0.15) is 0 Å². The molecule has 0 aliphatic rings. The number of hydrogen-bond donors (Lipinski definition) is 0. The third kappa shape index (κ3) is 2.85. The molecule has 4 nitrogen and oxygen atoms in total. The fourth-order valence-corrected chi connectivity index (χ4v) is 2.00. The molecule has 2 aromatic heterocycles. The van der Waals surface area contributed by atoms with Gasteiger partial charge in [0.15, 0.2) is 0 Å².